The number of hydrogen-bond acceptors (Lipinski definition) is 10. The van der Waals surface area contributed by atoms with E-state index in [1.165, 1.54) is 11.0 Å². The predicted octanol–water partition coefficient (Wildman–Crippen LogP) is 0.692. The van der Waals surface area contributed by atoms with Crippen LogP contribution in [0, 0.1) is 11.8 Å². The average molecular weight is 577 g/mol. The molecule has 2 unspecified atom stereocenters. The molecule has 3 aliphatic carbocycles. The molecule has 220 valence electrons. The van der Waals surface area contributed by atoms with E-state index < -0.39 is 69.7 Å². The molecule has 8 N–H and O–H groups in total. The number of fused-ring (bicyclic) bond motifs is 3. The minimum Gasteiger partial charge on any atom is -0.508 e. The van der Waals surface area contributed by atoms with Gasteiger partial charge in [-0.25, -0.2) is 0 Å². The van der Waals surface area contributed by atoms with Crippen LogP contribution in [0.15, 0.2) is 59.4 Å². The molecule has 2 aromatic rings. The highest BCUT2D eigenvalue weighted by atomic mass is 16.3. The number of aliphatic hydroxyl groups excluding tert-OH is 2. The van der Waals surface area contributed by atoms with Crippen molar-refractivity contribution in [1.29, 1.82) is 0 Å². The van der Waals surface area contributed by atoms with Crippen LogP contribution in [-0.2, 0) is 32.1 Å². The van der Waals surface area contributed by atoms with Crippen LogP contribution in [0.4, 0.5) is 5.69 Å². The third-order valence-corrected chi connectivity index (χ3v) is 8.32. The molecule has 1 fully saturated rings. The maximum Gasteiger partial charge on any atom is 0.255 e. The number of nitrogens with one attached hydrogen (secondary N) is 2. The predicted molar refractivity (Wildman–Crippen MR) is 151 cm³/mol. The standard InChI is InChI=1S/C30H32N4O8/c1-34(2)23-17-11-16-10-15-8-9-18(33-19(35)13-32-12-14-6-4-3-5-7-14)24(36)20(15)25(37)21(16)27(39)30(17,42)28(40)22(26(23)38)29(31)41/h3-9,16-17,23,32,36-37,40,42H,10-13H2,1-2H3,(H2,31,41)(H,33,35)/t16?,17?,23-,30-/m0/s1. The van der Waals surface area contributed by atoms with Gasteiger partial charge in [-0.1, -0.05) is 36.4 Å². The smallest absolute Gasteiger partial charge is 0.255 e. The summed E-state index contributed by atoms with van der Waals surface area (Å²) in [5, 5.41) is 50.6. The first-order valence-electron chi connectivity index (χ1n) is 13.4. The van der Waals surface area contributed by atoms with Crippen molar-refractivity contribution in [3.63, 3.8) is 0 Å². The third-order valence-electron chi connectivity index (χ3n) is 8.32. The van der Waals surface area contributed by atoms with E-state index in [-0.39, 0.29) is 36.2 Å². The van der Waals surface area contributed by atoms with E-state index >= 15 is 0 Å². The number of amides is 2. The first-order chi connectivity index (χ1) is 19.9. The number of carbonyl (C=O) groups excluding carboxylic acids is 4. The highest BCUT2D eigenvalue weighted by Crippen LogP contribution is 2.53. The number of phenols is 1. The molecule has 5 rings (SSSR count). The Kier molecular flexibility index (Phi) is 7.39. The van der Waals surface area contributed by atoms with Crippen LogP contribution >= 0.6 is 0 Å². The zero-order valence-corrected chi connectivity index (χ0v) is 23.0. The summed E-state index contributed by atoms with van der Waals surface area (Å²) >= 11 is 0. The van der Waals surface area contributed by atoms with Crippen LogP contribution in [0.25, 0.3) is 5.76 Å². The lowest BCUT2D eigenvalue weighted by molar-refractivity contribution is -0.153. The molecule has 0 aromatic heterocycles. The summed E-state index contributed by atoms with van der Waals surface area (Å²) in [6, 6.07) is 11.4. The molecule has 0 radical (unpaired) electrons. The molecule has 2 aromatic carbocycles. The van der Waals surface area contributed by atoms with Gasteiger partial charge in [-0.05, 0) is 50.0 Å². The Labute approximate surface area is 241 Å². The Hall–Kier alpha value is -4.52. The van der Waals surface area contributed by atoms with Gasteiger partial charge in [0, 0.05) is 18.0 Å². The van der Waals surface area contributed by atoms with Crippen LogP contribution in [0.1, 0.15) is 23.1 Å². The summed E-state index contributed by atoms with van der Waals surface area (Å²) in [4.78, 5) is 53.1. The van der Waals surface area contributed by atoms with Crippen molar-refractivity contribution in [1.82, 2.24) is 10.2 Å². The number of rotatable bonds is 7. The second kappa shape index (κ2) is 10.7. The number of aliphatic hydroxyl groups is 3. The van der Waals surface area contributed by atoms with Gasteiger partial charge in [0.25, 0.3) is 5.91 Å². The summed E-state index contributed by atoms with van der Waals surface area (Å²) in [6.07, 6.45) is 0.160. The zero-order chi connectivity index (χ0) is 30.5. The number of aromatic hydroxyl groups is 1. The van der Waals surface area contributed by atoms with E-state index in [4.69, 9.17) is 5.73 Å². The molecule has 0 saturated heterocycles. The molecule has 12 nitrogen and oxygen atoms in total. The molecule has 0 bridgehead atoms. The molecule has 4 atom stereocenters. The van der Waals surface area contributed by atoms with Gasteiger partial charge in [-0.15, -0.1) is 0 Å². The van der Waals surface area contributed by atoms with Gasteiger partial charge >= 0.3 is 0 Å². The summed E-state index contributed by atoms with van der Waals surface area (Å²) < 4.78 is 0. The molecule has 0 aliphatic heterocycles. The highest BCUT2D eigenvalue weighted by Gasteiger charge is 2.64. The molecule has 3 aliphatic rings. The first-order valence-corrected chi connectivity index (χ1v) is 13.4. The molecule has 1 saturated carbocycles. The zero-order valence-electron chi connectivity index (χ0n) is 23.0. The number of nitrogens with zero attached hydrogens (tertiary/aromatic N) is 1. The number of phenolic OH excluding ortho intramolecular Hbond substituents is 1. The largest absolute Gasteiger partial charge is 0.508 e. The molecule has 2 amide bonds. The lowest BCUT2D eigenvalue weighted by Crippen LogP contribution is -2.65. The van der Waals surface area contributed by atoms with Gasteiger partial charge in [0.2, 0.25) is 11.7 Å². The van der Waals surface area contributed by atoms with Crippen LogP contribution in [-0.4, -0.2) is 81.0 Å². The van der Waals surface area contributed by atoms with Gasteiger partial charge in [0.15, 0.2) is 11.4 Å². The average Bonchev–Trinajstić information content (AvgIpc) is 2.92. The van der Waals surface area contributed by atoms with Crippen molar-refractivity contribution in [2.24, 2.45) is 17.6 Å². The van der Waals surface area contributed by atoms with E-state index in [9.17, 15) is 39.6 Å². The lowest BCUT2D eigenvalue weighted by atomic mass is 9.57. The minimum absolute atomic E-state index is 0.000371. The minimum atomic E-state index is -2.71. The van der Waals surface area contributed by atoms with Crippen molar-refractivity contribution in [3.05, 3.63) is 76.1 Å². The highest BCUT2D eigenvalue weighted by molar-refractivity contribution is 6.24. The molecule has 42 heavy (non-hydrogen) atoms. The summed E-state index contributed by atoms with van der Waals surface area (Å²) in [7, 11) is 3.08. The van der Waals surface area contributed by atoms with E-state index in [1.54, 1.807) is 20.2 Å². The Morgan fingerprint density at radius 1 is 1.07 bits per heavy atom. The maximum absolute atomic E-state index is 13.9. The summed E-state index contributed by atoms with van der Waals surface area (Å²) in [5.74, 6) is -7.72. The summed E-state index contributed by atoms with van der Waals surface area (Å²) in [5.41, 5.74) is 2.87. The van der Waals surface area contributed by atoms with Crippen LogP contribution in [0.5, 0.6) is 5.75 Å². The van der Waals surface area contributed by atoms with Crippen molar-refractivity contribution < 1.29 is 39.6 Å². The number of hydrogen-bond donors (Lipinski definition) is 7. The molecule has 12 heteroatoms. The number of nitrogens with two attached hydrogens (primary N) is 1. The fourth-order valence-electron chi connectivity index (χ4n) is 6.43. The van der Waals surface area contributed by atoms with Crippen LogP contribution < -0.4 is 16.4 Å². The summed E-state index contributed by atoms with van der Waals surface area (Å²) in [6.45, 7) is 0.386. The Balaban J connectivity index is 1.47. The van der Waals surface area contributed by atoms with Crippen LogP contribution in [0.2, 0.25) is 0 Å². The number of primary amides is 1. The number of carbonyl (C=O) groups is 4. The van der Waals surface area contributed by atoms with Crippen molar-refractivity contribution in [3.8, 4) is 5.75 Å². The fourth-order valence-corrected chi connectivity index (χ4v) is 6.43. The Morgan fingerprint density at radius 3 is 2.40 bits per heavy atom. The topological polar surface area (TPSA) is 203 Å². The monoisotopic (exact) mass is 576 g/mol. The fraction of sp³-hybridized carbons (Fsp3) is 0.333. The molecule has 0 spiro atoms. The normalized spacial score (nSPS) is 25.2. The SMILES string of the molecule is CN(C)[C@@H]1C(=O)C(C(N)=O)=C(O)[C@@]2(O)C(=O)C3=C(O)c4c(ccc(NC(=O)CNCc5ccccc5)c4O)CC3CC12. The van der Waals surface area contributed by atoms with E-state index in [2.05, 4.69) is 10.6 Å². The number of ketones is 2. The number of anilines is 1. The van der Waals surface area contributed by atoms with Crippen molar-refractivity contribution in [2.45, 2.75) is 31.0 Å². The van der Waals surface area contributed by atoms with Gasteiger partial charge in [0.05, 0.1) is 23.8 Å². The second-order valence-corrected chi connectivity index (χ2v) is 11.1. The van der Waals surface area contributed by atoms with E-state index in [0.717, 1.165) is 5.56 Å². The van der Waals surface area contributed by atoms with Crippen molar-refractivity contribution in [2.75, 3.05) is 26.0 Å². The van der Waals surface area contributed by atoms with E-state index in [0.29, 0.717) is 12.1 Å². The number of benzene rings is 2. The Morgan fingerprint density at radius 2 is 1.76 bits per heavy atom. The van der Waals surface area contributed by atoms with Crippen LogP contribution in [0.3, 0.4) is 0 Å². The Bertz CT molecular complexity index is 1560. The van der Waals surface area contributed by atoms with Gasteiger partial charge in [-0.2, -0.15) is 0 Å². The lowest BCUT2D eigenvalue weighted by Gasteiger charge is -2.50. The third kappa shape index (κ3) is 4.53. The van der Waals surface area contributed by atoms with Crippen molar-refractivity contribution >= 4 is 34.8 Å². The molecule has 0 heterocycles. The maximum atomic E-state index is 13.9. The number of Topliss-reactive ketones (excluding diaryl/α,β-unsaturated/α-hetero) is 2. The van der Waals surface area contributed by atoms with Gasteiger partial charge < -0.3 is 36.8 Å². The second-order valence-electron chi connectivity index (χ2n) is 11.1. The quantitative estimate of drug-likeness (QED) is 0.182. The molecular weight excluding hydrogens is 544 g/mol. The van der Waals surface area contributed by atoms with Gasteiger partial charge in [-0.3, -0.25) is 24.1 Å². The number of likely N-dealkylation sites (N-methyl/N-ethyl adjacent to an activating group) is 1. The molecular formula is C30H32N4O8. The van der Waals surface area contributed by atoms with E-state index in [1.807, 2.05) is 30.3 Å². The first kappa shape index (κ1) is 29.0. The van der Waals surface area contributed by atoms with Gasteiger partial charge in [0.1, 0.15) is 22.8 Å².